The molecule has 0 aliphatic carbocycles. The van der Waals surface area contributed by atoms with Crippen molar-refractivity contribution in [1.82, 2.24) is 36.3 Å². The number of benzene rings is 2. The number of hydrogen-bond donors (Lipinski definition) is 5. The average Bonchev–Trinajstić information content (AvgIpc) is 3.51. The van der Waals surface area contributed by atoms with Crippen molar-refractivity contribution in [1.29, 1.82) is 0 Å². The number of urea groups is 1. The van der Waals surface area contributed by atoms with Crippen molar-refractivity contribution >= 4 is 23.9 Å². The average molecular weight is 800 g/mol. The number of nitrogens with zero attached hydrogens (tertiary/aromatic N) is 3. The molecule has 0 bridgehead atoms. The van der Waals surface area contributed by atoms with Gasteiger partial charge in [-0.1, -0.05) is 116 Å². The quantitative estimate of drug-likeness (QED) is 0.0974. The van der Waals surface area contributed by atoms with E-state index in [2.05, 4.69) is 59.3 Å². The van der Waals surface area contributed by atoms with Crippen molar-refractivity contribution in [2.45, 2.75) is 111 Å². The Morgan fingerprint density at radius 1 is 1.00 bits per heavy atom. The summed E-state index contributed by atoms with van der Waals surface area (Å²) in [5.74, 6) is -1.23. The zero-order valence-corrected chi connectivity index (χ0v) is 35.8. The topological polar surface area (TPSA) is 165 Å². The molecule has 2 heterocycles. The van der Waals surface area contributed by atoms with Crippen molar-refractivity contribution < 1.29 is 29.0 Å². The zero-order valence-electron chi connectivity index (χ0n) is 35.8. The van der Waals surface area contributed by atoms with Gasteiger partial charge in [0.25, 0.3) is 0 Å². The molecule has 1 saturated heterocycles. The van der Waals surface area contributed by atoms with E-state index in [0.717, 1.165) is 22.5 Å². The van der Waals surface area contributed by atoms with E-state index in [1.54, 1.807) is 9.91 Å². The molecule has 13 heteroatoms. The molecule has 0 radical (unpaired) electrons. The van der Waals surface area contributed by atoms with Gasteiger partial charge in [0, 0.05) is 38.3 Å². The molecule has 1 aliphatic rings. The van der Waals surface area contributed by atoms with E-state index in [4.69, 9.17) is 4.74 Å². The Bertz CT molecular complexity index is 1810. The number of aryl methyl sites for hydroxylation is 1. The standard InChI is InChI=1S/C45H65N7O6/c1-10-30(2)40(37-25-46-42(56)52(37)27-35-18-14-15-31(3)48-35)41(55)49-36(23-32-16-12-11-13-17-32)38(53)28-51(26-33-19-21-34(22-20-33)44(4,5)6)50-39(54)24-45(7,8)29-47-43(57)58-9/h11-22,30,36-38,40,53H,10,23-29H2,1-9H3,(H,46,56)(H,47,57)(H,49,55)(H,50,54). The lowest BCUT2D eigenvalue weighted by molar-refractivity contribution is -0.132. The van der Waals surface area contributed by atoms with Crippen LogP contribution in [0.3, 0.4) is 0 Å². The van der Waals surface area contributed by atoms with E-state index in [-0.39, 0.29) is 61.8 Å². The van der Waals surface area contributed by atoms with Crippen LogP contribution < -0.4 is 21.4 Å². The number of aromatic nitrogens is 1. The van der Waals surface area contributed by atoms with Crippen LogP contribution in [-0.2, 0) is 39.3 Å². The molecule has 2 aromatic carbocycles. The van der Waals surface area contributed by atoms with Crippen molar-refractivity contribution in [2.24, 2.45) is 17.3 Å². The molecule has 5 unspecified atom stereocenters. The Kier molecular flexibility index (Phi) is 16.2. The lowest BCUT2D eigenvalue weighted by Gasteiger charge is -2.36. The summed E-state index contributed by atoms with van der Waals surface area (Å²) in [7, 11) is 1.29. The van der Waals surface area contributed by atoms with E-state index in [1.807, 2.05) is 95.3 Å². The first-order valence-corrected chi connectivity index (χ1v) is 20.3. The molecule has 58 heavy (non-hydrogen) atoms. The predicted octanol–water partition coefficient (Wildman–Crippen LogP) is 5.64. The maximum Gasteiger partial charge on any atom is 0.406 e. The molecular weight excluding hydrogens is 735 g/mol. The number of aliphatic hydroxyl groups excluding tert-OH is 1. The Morgan fingerprint density at radius 2 is 1.69 bits per heavy atom. The highest BCUT2D eigenvalue weighted by Gasteiger charge is 2.43. The minimum Gasteiger partial charge on any atom is -0.453 e. The number of amides is 5. The number of aliphatic hydroxyl groups is 1. The number of alkyl carbamates (subject to hydrolysis) is 1. The lowest BCUT2D eigenvalue weighted by atomic mass is 9.83. The van der Waals surface area contributed by atoms with Crippen molar-refractivity contribution in [2.75, 3.05) is 26.7 Å². The number of methoxy groups -OCH3 is 1. The number of hydrogen-bond acceptors (Lipinski definition) is 8. The third kappa shape index (κ3) is 13.5. The van der Waals surface area contributed by atoms with Gasteiger partial charge in [-0.15, -0.1) is 0 Å². The van der Waals surface area contributed by atoms with Gasteiger partial charge in [-0.2, -0.15) is 0 Å². The monoisotopic (exact) mass is 799 g/mol. The molecule has 5 amide bonds. The molecule has 5 atom stereocenters. The van der Waals surface area contributed by atoms with E-state index >= 15 is 0 Å². The molecule has 0 spiro atoms. The van der Waals surface area contributed by atoms with Gasteiger partial charge < -0.3 is 30.7 Å². The second-order valence-corrected chi connectivity index (χ2v) is 17.5. The van der Waals surface area contributed by atoms with Crippen LogP contribution in [0.1, 0.15) is 89.4 Å². The highest BCUT2D eigenvalue weighted by Crippen LogP contribution is 2.28. The Balaban J connectivity index is 1.61. The lowest BCUT2D eigenvalue weighted by Crippen LogP contribution is -2.56. The number of ether oxygens (including phenoxy) is 1. The minimum absolute atomic E-state index is 0.00595. The summed E-state index contributed by atoms with van der Waals surface area (Å²) in [6.07, 6.45) is -0.596. The normalized spacial score (nSPS) is 16.6. The molecule has 0 saturated carbocycles. The molecule has 1 fully saturated rings. The molecule has 1 aromatic heterocycles. The Labute approximate surface area is 344 Å². The third-order valence-corrected chi connectivity index (χ3v) is 10.9. The summed E-state index contributed by atoms with van der Waals surface area (Å²) in [5.41, 5.74) is 6.97. The summed E-state index contributed by atoms with van der Waals surface area (Å²) in [6.45, 7) is 17.2. The second-order valence-electron chi connectivity index (χ2n) is 17.5. The summed E-state index contributed by atoms with van der Waals surface area (Å²) in [5, 5.41) is 22.7. The fraction of sp³-hybridized carbons (Fsp3) is 0.533. The van der Waals surface area contributed by atoms with Crippen LogP contribution >= 0.6 is 0 Å². The predicted molar refractivity (Wildman–Crippen MR) is 225 cm³/mol. The van der Waals surface area contributed by atoms with Crippen molar-refractivity contribution in [3.05, 3.63) is 101 Å². The molecule has 3 aromatic rings. The van der Waals surface area contributed by atoms with Crippen LogP contribution in [0, 0.1) is 24.2 Å². The smallest absolute Gasteiger partial charge is 0.406 e. The minimum atomic E-state index is -1.12. The Morgan fingerprint density at radius 3 is 2.31 bits per heavy atom. The SMILES string of the molecule is CCC(C)C(C(=O)NC(Cc1ccccc1)C(O)CN(Cc1ccc(C(C)(C)C)cc1)NC(=O)CC(C)(C)CNC(=O)OC)C1CNC(=O)N1Cc1cccc(C)n1. The summed E-state index contributed by atoms with van der Waals surface area (Å²) in [6, 6.07) is 22.1. The fourth-order valence-electron chi connectivity index (χ4n) is 7.35. The maximum atomic E-state index is 14.6. The fourth-order valence-corrected chi connectivity index (χ4v) is 7.35. The van der Waals surface area contributed by atoms with E-state index in [1.165, 1.54) is 12.7 Å². The van der Waals surface area contributed by atoms with Crippen LogP contribution in [0.4, 0.5) is 9.59 Å². The number of pyridine rings is 1. The first kappa shape index (κ1) is 45.7. The Hall–Kier alpha value is -5.01. The van der Waals surface area contributed by atoms with Gasteiger partial charge in [0.2, 0.25) is 11.8 Å². The van der Waals surface area contributed by atoms with E-state index < -0.39 is 35.6 Å². The number of hydrazine groups is 1. The first-order valence-electron chi connectivity index (χ1n) is 20.3. The molecule has 5 N–H and O–H groups in total. The molecule has 4 rings (SSSR count). The highest BCUT2D eigenvalue weighted by molar-refractivity contribution is 5.83. The third-order valence-electron chi connectivity index (χ3n) is 10.9. The van der Waals surface area contributed by atoms with Gasteiger partial charge in [0.15, 0.2) is 0 Å². The van der Waals surface area contributed by atoms with Gasteiger partial charge in [-0.3, -0.25) is 20.0 Å². The van der Waals surface area contributed by atoms with Crippen LogP contribution in [0.25, 0.3) is 0 Å². The maximum absolute atomic E-state index is 14.6. The van der Waals surface area contributed by atoms with Gasteiger partial charge in [-0.05, 0) is 58.9 Å². The van der Waals surface area contributed by atoms with Crippen molar-refractivity contribution in [3.8, 4) is 0 Å². The highest BCUT2D eigenvalue weighted by atomic mass is 16.5. The van der Waals surface area contributed by atoms with Gasteiger partial charge in [-0.25, -0.2) is 14.6 Å². The number of carbonyl (C=O) groups is 4. The van der Waals surface area contributed by atoms with Gasteiger partial charge in [0.05, 0.1) is 43.5 Å². The largest absolute Gasteiger partial charge is 0.453 e. The van der Waals surface area contributed by atoms with Crippen LogP contribution in [0.15, 0.2) is 72.8 Å². The molecule has 316 valence electrons. The summed E-state index contributed by atoms with van der Waals surface area (Å²) < 4.78 is 4.71. The second kappa shape index (κ2) is 20.6. The van der Waals surface area contributed by atoms with Gasteiger partial charge >= 0.3 is 12.1 Å². The van der Waals surface area contributed by atoms with Crippen LogP contribution in [0.5, 0.6) is 0 Å². The number of rotatable bonds is 19. The molecular formula is C45H65N7O6. The first-order chi connectivity index (χ1) is 27.4. The zero-order chi connectivity index (χ0) is 42.6. The van der Waals surface area contributed by atoms with Gasteiger partial charge in [0.1, 0.15) is 0 Å². The van der Waals surface area contributed by atoms with E-state index in [0.29, 0.717) is 19.4 Å². The van der Waals surface area contributed by atoms with Crippen molar-refractivity contribution in [3.63, 3.8) is 0 Å². The number of nitrogens with one attached hydrogen (secondary N) is 4. The molecule has 13 nitrogen and oxygen atoms in total. The van der Waals surface area contributed by atoms with E-state index in [9.17, 15) is 24.3 Å². The van der Waals surface area contributed by atoms with Crippen LogP contribution in [0.2, 0.25) is 0 Å². The van der Waals surface area contributed by atoms with Crippen LogP contribution in [-0.4, -0.2) is 88.9 Å². The number of carbonyl (C=O) groups excluding carboxylic acids is 4. The molecule has 1 aliphatic heterocycles. The summed E-state index contributed by atoms with van der Waals surface area (Å²) in [4.78, 5) is 59.6. The summed E-state index contributed by atoms with van der Waals surface area (Å²) >= 11 is 0.